The Bertz CT molecular complexity index is 1010. The van der Waals surface area contributed by atoms with Crippen LogP contribution in [0.1, 0.15) is 10.4 Å². The molecule has 1 N–H and O–H groups in total. The van der Waals surface area contributed by atoms with Gasteiger partial charge in [0.2, 0.25) is 5.88 Å². The number of nitrogens with zero attached hydrogens (tertiary/aromatic N) is 4. The number of aromatic nitrogens is 4. The van der Waals surface area contributed by atoms with Gasteiger partial charge in [0.25, 0.3) is 5.91 Å². The molecule has 1 aromatic carbocycles. The molecule has 4 rings (SSSR count). The van der Waals surface area contributed by atoms with Gasteiger partial charge in [-0.15, -0.1) is 0 Å². The van der Waals surface area contributed by atoms with Gasteiger partial charge in [-0.05, 0) is 24.3 Å². The standard InChI is InChI=1S/C18H13N5O2/c24-18(15-12-21-23-10-4-9-19-17(15)23)22-13-7-8-16(20-11-13)25-14-5-2-1-3-6-14/h1-12H,(H,22,24). The van der Waals surface area contributed by atoms with E-state index in [1.54, 1.807) is 35.1 Å². The summed E-state index contributed by atoms with van der Waals surface area (Å²) in [5.41, 5.74) is 1.45. The molecule has 25 heavy (non-hydrogen) atoms. The quantitative estimate of drug-likeness (QED) is 0.621. The van der Waals surface area contributed by atoms with Crippen molar-refractivity contribution in [2.75, 3.05) is 5.32 Å². The van der Waals surface area contributed by atoms with Crippen LogP contribution in [0.3, 0.4) is 0 Å². The zero-order valence-corrected chi connectivity index (χ0v) is 13.0. The first-order chi connectivity index (χ1) is 12.3. The molecule has 0 fully saturated rings. The molecule has 1 amide bonds. The number of hydrogen-bond donors (Lipinski definition) is 1. The largest absolute Gasteiger partial charge is 0.439 e. The lowest BCUT2D eigenvalue weighted by Gasteiger charge is -2.06. The van der Waals surface area contributed by atoms with Crippen molar-refractivity contribution < 1.29 is 9.53 Å². The fraction of sp³-hybridized carbons (Fsp3) is 0. The first kappa shape index (κ1) is 14.8. The number of fused-ring (bicyclic) bond motifs is 1. The summed E-state index contributed by atoms with van der Waals surface area (Å²) in [7, 11) is 0. The highest BCUT2D eigenvalue weighted by molar-refractivity contribution is 6.08. The Morgan fingerprint density at radius 3 is 2.68 bits per heavy atom. The molecule has 0 radical (unpaired) electrons. The minimum absolute atomic E-state index is 0.299. The molecule has 7 nitrogen and oxygen atoms in total. The third-order valence-electron chi connectivity index (χ3n) is 3.48. The highest BCUT2D eigenvalue weighted by Crippen LogP contribution is 2.20. The molecule has 4 aromatic rings. The monoisotopic (exact) mass is 331 g/mol. The van der Waals surface area contributed by atoms with Crippen LogP contribution < -0.4 is 10.1 Å². The Hall–Kier alpha value is -3.74. The van der Waals surface area contributed by atoms with Crippen LogP contribution in [0.25, 0.3) is 5.65 Å². The predicted molar refractivity (Wildman–Crippen MR) is 91.7 cm³/mol. The zero-order chi connectivity index (χ0) is 17.1. The minimum Gasteiger partial charge on any atom is -0.439 e. The molecule has 3 aromatic heterocycles. The number of benzene rings is 1. The molecule has 0 unspecified atom stereocenters. The second-order valence-corrected chi connectivity index (χ2v) is 5.20. The van der Waals surface area contributed by atoms with Gasteiger partial charge in [0.15, 0.2) is 5.65 Å². The average molecular weight is 331 g/mol. The van der Waals surface area contributed by atoms with Crippen molar-refractivity contribution in [3.8, 4) is 11.6 Å². The third kappa shape index (κ3) is 3.16. The van der Waals surface area contributed by atoms with E-state index in [1.165, 1.54) is 12.4 Å². The maximum Gasteiger partial charge on any atom is 0.261 e. The van der Waals surface area contributed by atoms with E-state index in [2.05, 4.69) is 20.4 Å². The summed E-state index contributed by atoms with van der Waals surface area (Å²) in [6.07, 6.45) is 6.37. The number of pyridine rings is 1. The number of anilines is 1. The molecule has 0 saturated carbocycles. The van der Waals surface area contributed by atoms with Crippen LogP contribution in [0.2, 0.25) is 0 Å². The highest BCUT2D eigenvalue weighted by atomic mass is 16.5. The first-order valence-corrected chi connectivity index (χ1v) is 7.58. The average Bonchev–Trinajstić information content (AvgIpc) is 3.08. The summed E-state index contributed by atoms with van der Waals surface area (Å²) < 4.78 is 7.17. The molecule has 0 bridgehead atoms. The van der Waals surface area contributed by atoms with E-state index < -0.39 is 0 Å². The summed E-state index contributed by atoms with van der Waals surface area (Å²) >= 11 is 0. The van der Waals surface area contributed by atoms with Crippen molar-refractivity contribution in [2.45, 2.75) is 0 Å². The van der Waals surface area contributed by atoms with Crippen molar-refractivity contribution in [1.82, 2.24) is 19.6 Å². The molecule has 0 spiro atoms. The van der Waals surface area contributed by atoms with Gasteiger partial charge in [0.05, 0.1) is 18.1 Å². The van der Waals surface area contributed by atoms with E-state index in [9.17, 15) is 4.79 Å². The summed E-state index contributed by atoms with van der Waals surface area (Å²) in [4.78, 5) is 20.8. The van der Waals surface area contributed by atoms with Crippen molar-refractivity contribution >= 4 is 17.2 Å². The second-order valence-electron chi connectivity index (χ2n) is 5.20. The number of carbonyl (C=O) groups is 1. The third-order valence-corrected chi connectivity index (χ3v) is 3.48. The number of para-hydroxylation sites is 1. The SMILES string of the molecule is O=C(Nc1ccc(Oc2ccccc2)nc1)c1cnn2cccnc12. The van der Waals surface area contributed by atoms with Gasteiger partial charge in [-0.1, -0.05) is 18.2 Å². The van der Waals surface area contributed by atoms with Crippen molar-refractivity contribution in [1.29, 1.82) is 0 Å². The van der Waals surface area contributed by atoms with Crippen LogP contribution in [-0.4, -0.2) is 25.5 Å². The maximum atomic E-state index is 12.4. The molecule has 7 heteroatoms. The van der Waals surface area contributed by atoms with Crippen LogP contribution in [0.4, 0.5) is 5.69 Å². The van der Waals surface area contributed by atoms with Crippen LogP contribution >= 0.6 is 0 Å². The Balaban J connectivity index is 1.48. The van der Waals surface area contributed by atoms with Crippen LogP contribution in [0, 0.1) is 0 Å². The molecule has 122 valence electrons. The van der Waals surface area contributed by atoms with E-state index in [4.69, 9.17) is 4.74 Å². The summed E-state index contributed by atoms with van der Waals surface area (Å²) in [6.45, 7) is 0. The molecular formula is C18H13N5O2. The lowest BCUT2D eigenvalue weighted by Crippen LogP contribution is -2.12. The maximum absolute atomic E-state index is 12.4. The van der Waals surface area contributed by atoms with Crippen molar-refractivity contribution in [2.24, 2.45) is 0 Å². The summed E-state index contributed by atoms with van der Waals surface area (Å²) in [5.74, 6) is 0.846. The van der Waals surface area contributed by atoms with Gasteiger partial charge in [-0.25, -0.2) is 14.5 Å². The number of rotatable bonds is 4. The van der Waals surface area contributed by atoms with E-state index in [-0.39, 0.29) is 5.91 Å². The molecule has 0 aliphatic rings. The molecular weight excluding hydrogens is 318 g/mol. The van der Waals surface area contributed by atoms with Gasteiger partial charge in [-0.2, -0.15) is 5.10 Å². The van der Waals surface area contributed by atoms with Gasteiger partial charge in [-0.3, -0.25) is 4.79 Å². The molecule has 0 atom stereocenters. The molecule has 0 saturated heterocycles. The lowest BCUT2D eigenvalue weighted by molar-refractivity contribution is 0.102. The predicted octanol–water partition coefficient (Wildman–Crippen LogP) is 3.17. The second kappa shape index (κ2) is 6.40. The fourth-order valence-electron chi connectivity index (χ4n) is 2.31. The molecule has 0 aliphatic carbocycles. The Morgan fingerprint density at radius 2 is 1.88 bits per heavy atom. The first-order valence-electron chi connectivity index (χ1n) is 7.58. The van der Waals surface area contributed by atoms with Gasteiger partial charge in [0.1, 0.15) is 11.3 Å². The number of carbonyl (C=O) groups excluding carboxylic acids is 1. The van der Waals surface area contributed by atoms with Crippen LogP contribution in [-0.2, 0) is 0 Å². The van der Waals surface area contributed by atoms with E-state index in [0.29, 0.717) is 28.5 Å². The normalized spacial score (nSPS) is 10.6. The summed E-state index contributed by atoms with van der Waals surface area (Å²) in [6, 6.07) is 14.5. The van der Waals surface area contributed by atoms with E-state index in [1.807, 2.05) is 30.3 Å². The molecule has 3 heterocycles. The van der Waals surface area contributed by atoms with Crippen molar-refractivity contribution in [3.63, 3.8) is 0 Å². The summed E-state index contributed by atoms with van der Waals surface area (Å²) in [5, 5.41) is 6.88. The smallest absolute Gasteiger partial charge is 0.261 e. The number of hydrogen-bond acceptors (Lipinski definition) is 5. The lowest BCUT2D eigenvalue weighted by atomic mass is 10.3. The van der Waals surface area contributed by atoms with E-state index >= 15 is 0 Å². The van der Waals surface area contributed by atoms with Gasteiger partial charge < -0.3 is 10.1 Å². The van der Waals surface area contributed by atoms with Gasteiger partial charge >= 0.3 is 0 Å². The van der Waals surface area contributed by atoms with Crippen LogP contribution in [0.15, 0.2) is 73.3 Å². The minimum atomic E-state index is -0.299. The Labute approximate surface area is 142 Å². The molecule has 0 aliphatic heterocycles. The topological polar surface area (TPSA) is 81.4 Å². The number of ether oxygens (including phenoxy) is 1. The van der Waals surface area contributed by atoms with Crippen LogP contribution in [0.5, 0.6) is 11.6 Å². The Kier molecular flexibility index (Phi) is 3.80. The van der Waals surface area contributed by atoms with Gasteiger partial charge in [0, 0.05) is 18.5 Å². The number of nitrogens with one attached hydrogen (secondary N) is 1. The number of amides is 1. The zero-order valence-electron chi connectivity index (χ0n) is 13.0. The fourth-order valence-corrected chi connectivity index (χ4v) is 2.31. The van der Waals surface area contributed by atoms with E-state index in [0.717, 1.165) is 0 Å². The highest BCUT2D eigenvalue weighted by Gasteiger charge is 2.14. The Morgan fingerprint density at radius 1 is 1.00 bits per heavy atom. The van der Waals surface area contributed by atoms with Crippen molar-refractivity contribution in [3.05, 3.63) is 78.9 Å².